The van der Waals surface area contributed by atoms with E-state index in [1.807, 2.05) is 4.90 Å². The van der Waals surface area contributed by atoms with Crippen LogP contribution in [-0.2, 0) is 9.59 Å². The van der Waals surface area contributed by atoms with Crippen LogP contribution in [0.3, 0.4) is 0 Å². The molecule has 0 atom stereocenters. The maximum atomic E-state index is 11.0. The molecule has 0 saturated carbocycles. The average molecular weight is 284 g/mol. The first-order chi connectivity index (χ1) is 8.68. The quantitative estimate of drug-likeness (QED) is 0.798. The Balaban J connectivity index is 0.000000399. The van der Waals surface area contributed by atoms with Crippen LogP contribution in [0.1, 0.15) is 26.2 Å². The molecule has 1 rings (SSSR count). The number of nitrogens with zero attached hydrogens (tertiary/aromatic N) is 1. The van der Waals surface area contributed by atoms with Gasteiger partial charge in [-0.25, -0.2) is 4.79 Å². The van der Waals surface area contributed by atoms with Crippen LogP contribution in [0.5, 0.6) is 0 Å². The van der Waals surface area contributed by atoms with Gasteiger partial charge in [0.2, 0.25) is 5.91 Å². The first-order valence-corrected chi connectivity index (χ1v) is 5.94. The highest BCUT2D eigenvalue weighted by molar-refractivity contribution is 5.73. The zero-order chi connectivity index (χ0) is 15.1. The number of alkyl halides is 3. The predicted octanol–water partition coefficient (Wildman–Crippen LogP) is 1.23. The third-order valence-electron chi connectivity index (χ3n) is 2.88. The fraction of sp³-hybridized carbons (Fsp3) is 0.818. The highest BCUT2D eigenvalue weighted by atomic mass is 19.4. The highest BCUT2D eigenvalue weighted by Gasteiger charge is 2.38. The monoisotopic (exact) mass is 284 g/mol. The highest BCUT2D eigenvalue weighted by Crippen LogP contribution is 2.19. The van der Waals surface area contributed by atoms with Crippen LogP contribution in [-0.4, -0.2) is 47.7 Å². The Morgan fingerprint density at radius 3 is 2.00 bits per heavy atom. The van der Waals surface area contributed by atoms with Gasteiger partial charge in [-0.05, 0) is 31.7 Å². The van der Waals surface area contributed by atoms with E-state index in [-0.39, 0.29) is 5.91 Å². The van der Waals surface area contributed by atoms with E-state index in [9.17, 15) is 18.0 Å². The first-order valence-electron chi connectivity index (χ1n) is 5.94. The molecule has 1 aliphatic rings. The van der Waals surface area contributed by atoms with Crippen LogP contribution in [0, 0.1) is 5.92 Å². The summed E-state index contributed by atoms with van der Waals surface area (Å²) in [7, 11) is 0. The molecule has 1 fully saturated rings. The van der Waals surface area contributed by atoms with Crippen LogP contribution in [0.15, 0.2) is 0 Å². The van der Waals surface area contributed by atoms with Gasteiger partial charge in [0.05, 0.1) is 0 Å². The predicted molar refractivity (Wildman–Crippen MR) is 62.3 cm³/mol. The SMILES string of the molecule is CC(=O)N1CCC(CCN)CC1.O=C(O)C(F)(F)F. The molecule has 0 aromatic rings. The van der Waals surface area contributed by atoms with Crippen molar-refractivity contribution in [1.29, 1.82) is 0 Å². The molecule has 1 saturated heterocycles. The number of halogens is 3. The Hall–Kier alpha value is -1.31. The van der Waals surface area contributed by atoms with E-state index in [1.54, 1.807) is 6.92 Å². The van der Waals surface area contributed by atoms with Crippen molar-refractivity contribution in [3.8, 4) is 0 Å². The lowest BCUT2D eigenvalue weighted by Gasteiger charge is -2.30. The molecular formula is C11H19F3N2O3. The lowest BCUT2D eigenvalue weighted by molar-refractivity contribution is -0.192. The molecule has 5 nitrogen and oxygen atoms in total. The summed E-state index contributed by atoms with van der Waals surface area (Å²) >= 11 is 0. The summed E-state index contributed by atoms with van der Waals surface area (Å²) in [6, 6.07) is 0. The van der Waals surface area contributed by atoms with Gasteiger partial charge < -0.3 is 15.7 Å². The molecule has 0 unspecified atom stereocenters. The van der Waals surface area contributed by atoms with Gasteiger partial charge in [-0.2, -0.15) is 13.2 Å². The third kappa shape index (κ3) is 7.66. The van der Waals surface area contributed by atoms with Crippen molar-refractivity contribution in [2.45, 2.75) is 32.4 Å². The van der Waals surface area contributed by atoms with Gasteiger partial charge in [0.15, 0.2) is 0 Å². The number of carbonyl (C=O) groups is 2. The number of piperidine rings is 1. The van der Waals surface area contributed by atoms with Crippen molar-refractivity contribution in [2.75, 3.05) is 19.6 Å². The van der Waals surface area contributed by atoms with Crippen molar-refractivity contribution in [3.05, 3.63) is 0 Å². The van der Waals surface area contributed by atoms with E-state index in [0.717, 1.165) is 44.8 Å². The Bertz CT molecular complexity index is 300. The number of hydrogen-bond donors (Lipinski definition) is 2. The molecule has 0 aliphatic carbocycles. The number of hydrogen-bond acceptors (Lipinski definition) is 3. The molecule has 3 N–H and O–H groups in total. The van der Waals surface area contributed by atoms with Gasteiger partial charge in [0.25, 0.3) is 0 Å². The van der Waals surface area contributed by atoms with Crippen molar-refractivity contribution in [1.82, 2.24) is 4.90 Å². The van der Waals surface area contributed by atoms with Crippen molar-refractivity contribution in [2.24, 2.45) is 11.7 Å². The van der Waals surface area contributed by atoms with Crippen LogP contribution < -0.4 is 5.73 Å². The second kappa shape index (κ2) is 7.98. The fourth-order valence-electron chi connectivity index (χ4n) is 1.77. The fourth-order valence-corrected chi connectivity index (χ4v) is 1.77. The van der Waals surface area contributed by atoms with Crippen molar-refractivity contribution < 1.29 is 27.9 Å². The van der Waals surface area contributed by atoms with Gasteiger partial charge >= 0.3 is 12.1 Å². The van der Waals surface area contributed by atoms with E-state index < -0.39 is 12.1 Å². The number of carboxylic acid groups (broad SMARTS) is 1. The molecule has 8 heteroatoms. The van der Waals surface area contributed by atoms with Gasteiger partial charge in [0, 0.05) is 20.0 Å². The summed E-state index contributed by atoms with van der Waals surface area (Å²) in [5, 5.41) is 7.12. The van der Waals surface area contributed by atoms with Gasteiger partial charge in [-0.3, -0.25) is 4.79 Å². The van der Waals surface area contributed by atoms with E-state index in [4.69, 9.17) is 15.6 Å². The maximum absolute atomic E-state index is 11.0. The molecule has 19 heavy (non-hydrogen) atoms. The minimum absolute atomic E-state index is 0.209. The summed E-state index contributed by atoms with van der Waals surface area (Å²) in [5.41, 5.74) is 5.47. The second-order valence-corrected chi connectivity index (χ2v) is 4.33. The Labute approximate surface area is 109 Å². The first kappa shape index (κ1) is 17.7. The standard InChI is InChI=1S/C9H18N2O.C2HF3O2/c1-8(12)11-6-3-9(2-5-10)4-7-11;3-2(4,5)1(6)7/h9H,2-7,10H2,1H3;(H,6,7). The minimum atomic E-state index is -5.08. The number of likely N-dealkylation sites (tertiary alicyclic amines) is 1. The molecule has 1 amide bonds. The van der Waals surface area contributed by atoms with Crippen LogP contribution in [0.2, 0.25) is 0 Å². The summed E-state index contributed by atoms with van der Waals surface area (Å²) in [6.45, 7) is 4.29. The number of amides is 1. The number of carbonyl (C=O) groups excluding carboxylic acids is 1. The molecule has 0 aromatic heterocycles. The zero-order valence-electron chi connectivity index (χ0n) is 10.7. The van der Waals surface area contributed by atoms with Crippen LogP contribution in [0.25, 0.3) is 0 Å². The molecule has 0 radical (unpaired) electrons. The average Bonchev–Trinajstić information content (AvgIpc) is 2.29. The van der Waals surface area contributed by atoms with Crippen LogP contribution in [0.4, 0.5) is 13.2 Å². The maximum Gasteiger partial charge on any atom is 0.490 e. The molecule has 0 aromatic carbocycles. The van der Waals surface area contributed by atoms with E-state index in [0.29, 0.717) is 0 Å². The molecule has 0 bridgehead atoms. The number of rotatable bonds is 2. The van der Waals surface area contributed by atoms with Crippen molar-refractivity contribution in [3.63, 3.8) is 0 Å². The number of aliphatic carboxylic acids is 1. The zero-order valence-corrected chi connectivity index (χ0v) is 10.7. The number of nitrogens with two attached hydrogens (primary N) is 1. The van der Waals surface area contributed by atoms with E-state index in [1.165, 1.54) is 0 Å². The summed E-state index contributed by atoms with van der Waals surface area (Å²) < 4.78 is 31.7. The summed E-state index contributed by atoms with van der Waals surface area (Å²) in [4.78, 5) is 21.8. The Morgan fingerprint density at radius 1 is 1.32 bits per heavy atom. The third-order valence-corrected chi connectivity index (χ3v) is 2.88. The van der Waals surface area contributed by atoms with Gasteiger partial charge in [-0.15, -0.1) is 0 Å². The van der Waals surface area contributed by atoms with Crippen molar-refractivity contribution >= 4 is 11.9 Å². The Kier molecular flexibility index (Phi) is 7.43. The van der Waals surface area contributed by atoms with Gasteiger partial charge in [0.1, 0.15) is 0 Å². The van der Waals surface area contributed by atoms with Crippen LogP contribution >= 0.6 is 0 Å². The topological polar surface area (TPSA) is 83.6 Å². The normalized spacial score (nSPS) is 16.6. The van der Waals surface area contributed by atoms with E-state index >= 15 is 0 Å². The Morgan fingerprint density at radius 2 is 1.74 bits per heavy atom. The summed E-state index contributed by atoms with van der Waals surface area (Å²) in [5.74, 6) is -1.79. The lowest BCUT2D eigenvalue weighted by atomic mass is 9.94. The molecular weight excluding hydrogens is 265 g/mol. The molecule has 0 spiro atoms. The largest absolute Gasteiger partial charge is 0.490 e. The number of carboxylic acids is 1. The second-order valence-electron chi connectivity index (χ2n) is 4.33. The van der Waals surface area contributed by atoms with E-state index in [2.05, 4.69) is 0 Å². The lowest BCUT2D eigenvalue weighted by Crippen LogP contribution is -2.37. The summed E-state index contributed by atoms with van der Waals surface area (Å²) in [6.07, 6.45) is -1.70. The molecule has 112 valence electrons. The minimum Gasteiger partial charge on any atom is -0.475 e. The molecule has 1 aliphatic heterocycles. The molecule has 1 heterocycles. The van der Waals surface area contributed by atoms with Gasteiger partial charge in [-0.1, -0.05) is 0 Å². The smallest absolute Gasteiger partial charge is 0.475 e.